The van der Waals surface area contributed by atoms with Crippen molar-refractivity contribution in [3.63, 3.8) is 0 Å². The number of primary amides is 1. The van der Waals surface area contributed by atoms with Crippen LogP contribution in [0.5, 0.6) is 0 Å². The number of aryl methyl sites for hydroxylation is 1. The Hall–Kier alpha value is -5.35. The van der Waals surface area contributed by atoms with Crippen LogP contribution in [0.4, 0.5) is 4.79 Å². The number of nitrogens with two attached hydrogens (primary N) is 1. The molecule has 0 radical (unpaired) electrons. The molecule has 0 aromatic heterocycles. The van der Waals surface area contributed by atoms with Gasteiger partial charge in [-0.15, -0.1) is 0 Å². The maximum absolute atomic E-state index is 14.2. The molecule has 57 heavy (non-hydrogen) atoms. The van der Waals surface area contributed by atoms with Gasteiger partial charge in [0.2, 0.25) is 23.6 Å². The van der Waals surface area contributed by atoms with Crippen LogP contribution < -0.4 is 21.7 Å². The summed E-state index contributed by atoms with van der Waals surface area (Å²) in [6, 6.07) is 18.5. The Morgan fingerprint density at radius 2 is 1.56 bits per heavy atom. The molecule has 3 aromatic carbocycles. The van der Waals surface area contributed by atoms with Crippen LogP contribution in [-0.4, -0.2) is 107 Å². The summed E-state index contributed by atoms with van der Waals surface area (Å²) < 4.78 is 21.6. The number of aliphatic carboxylic acids is 1. The summed E-state index contributed by atoms with van der Waals surface area (Å²) in [5, 5.41) is 20.0. The van der Waals surface area contributed by atoms with Crippen molar-refractivity contribution in [2.45, 2.75) is 62.7 Å². The Bertz CT molecular complexity index is 1940. The van der Waals surface area contributed by atoms with E-state index >= 15 is 0 Å². The van der Waals surface area contributed by atoms with Gasteiger partial charge >= 0.3 is 19.7 Å². The first-order chi connectivity index (χ1) is 27.1. The van der Waals surface area contributed by atoms with Crippen LogP contribution in [0.25, 0.3) is 10.8 Å². The van der Waals surface area contributed by atoms with E-state index in [1.54, 1.807) is 0 Å². The molecule has 3 aromatic rings. The molecule has 1 saturated heterocycles. The van der Waals surface area contributed by atoms with E-state index in [2.05, 4.69) is 16.0 Å². The number of rotatable bonds is 20. The summed E-state index contributed by atoms with van der Waals surface area (Å²) in [6.45, 7) is 0.228. The van der Waals surface area contributed by atoms with Crippen molar-refractivity contribution < 1.29 is 57.7 Å². The van der Waals surface area contributed by atoms with Crippen molar-refractivity contribution in [1.82, 2.24) is 20.9 Å². The van der Waals surface area contributed by atoms with Gasteiger partial charge in [0.05, 0.1) is 31.5 Å². The number of hydrogen-bond donors (Lipinski definition) is 7. The fraction of sp³-hybridized carbons (Fsp3) is 0.436. The van der Waals surface area contributed by atoms with Gasteiger partial charge < -0.3 is 51.0 Å². The molecular formula is C39H50N5O12P. The van der Waals surface area contributed by atoms with E-state index in [0.29, 0.717) is 24.0 Å². The minimum atomic E-state index is -4.34. The molecule has 1 heterocycles. The van der Waals surface area contributed by atoms with Gasteiger partial charge in [0, 0.05) is 26.7 Å². The van der Waals surface area contributed by atoms with Crippen LogP contribution in [-0.2, 0) is 57.0 Å². The summed E-state index contributed by atoms with van der Waals surface area (Å²) in [5.41, 5.74) is 5.66. The number of hydrogen-bond acceptors (Lipinski definition) is 9. The highest BCUT2D eigenvalue weighted by molar-refractivity contribution is 7.50. The first kappa shape index (κ1) is 44.4. The lowest BCUT2D eigenvalue weighted by Crippen LogP contribution is -2.66. The lowest BCUT2D eigenvalue weighted by molar-refractivity contribution is -0.143. The zero-order valence-corrected chi connectivity index (χ0v) is 32.6. The summed E-state index contributed by atoms with van der Waals surface area (Å²) in [6.07, 6.45) is -1.58. The fourth-order valence-corrected chi connectivity index (χ4v) is 7.41. The largest absolute Gasteiger partial charge is 0.481 e. The van der Waals surface area contributed by atoms with Gasteiger partial charge in [-0.05, 0) is 59.6 Å². The number of fused-ring (bicyclic) bond motifs is 1. The first-order valence-corrected chi connectivity index (χ1v) is 20.3. The standard InChI is InChI=1S/C39H50N5O12P/c1-55-20-21-56-38(51)44-18-15-39(16-19-44,43-35(48)30(23-34(46)47)22-26-11-13-27(14-12-26)25-57(52,53)54)37(50)42-32(24-33(40)45)36(49)41-17-5-9-29-8-4-7-28-6-2-3-10-31(28)29/h2-4,6-8,10-14,30,32H,5,9,15-25H2,1H3,(H2,40,45)(H,41,49)(H,42,50)(H,43,48)(H,46,47)(H2,52,53,54)/t30-,32-/m0/s1. The third-order valence-electron chi connectivity index (χ3n) is 9.70. The molecule has 5 amide bonds. The summed E-state index contributed by atoms with van der Waals surface area (Å²) in [4.78, 5) is 98.3. The Kier molecular flexibility index (Phi) is 16.1. The number of nitrogens with zero attached hydrogens (tertiary/aromatic N) is 1. The predicted molar refractivity (Wildman–Crippen MR) is 208 cm³/mol. The van der Waals surface area contributed by atoms with Crippen LogP contribution in [0, 0.1) is 5.92 Å². The van der Waals surface area contributed by atoms with Gasteiger partial charge in [-0.3, -0.25) is 28.5 Å². The number of nitrogens with one attached hydrogen (secondary N) is 3. The predicted octanol–water partition coefficient (Wildman–Crippen LogP) is 1.99. The summed E-state index contributed by atoms with van der Waals surface area (Å²) in [7, 11) is -2.89. The molecule has 1 aliphatic rings. The maximum Gasteiger partial charge on any atom is 0.409 e. The summed E-state index contributed by atoms with van der Waals surface area (Å²) in [5.74, 6) is -5.68. The van der Waals surface area contributed by atoms with Crippen LogP contribution in [0.15, 0.2) is 66.7 Å². The van der Waals surface area contributed by atoms with E-state index in [1.807, 2.05) is 42.5 Å². The van der Waals surface area contributed by atoms with Crippen LogP contribution in [0.2, 0.25) is 0 Å². The number of carbonyl (C=O) groups excluding carboxylic acids is 5. The average Bonchev–Trinajstić information content (AvgIpc) is 3.16. The number of methoxy groups -OCH3 is 1. The van der Waals surface area contributed by atoms with Crippen molar-refractivity contribution >= 4 is 54.1 Å². The van der Waals surface area contributed by atoms with Crippen molar-refractivity contribution in [3.05, 3.63) is 83.4 Å². The summed E-state index contributed by atoms with van der Waals surface area (Å²) >= 11 is 0. The highest BCUT2D eigenvalue weighted by Gasteiger charge is 2.46. The van der Waals surface area contributed by atoms with E-state index < -0.39 is 79.8 Å². The van der Waals surface area contributed by atoms with Gasteiger partial charge in [0.1, 0.15) is 18.2 Å². The van der Waals surface area contributed by atoms with Gasteiger partial charge in [-0.1, -0.05) is 66.7 Å². The van der Waals surface area contributed by atoms with Crippen LogP contribution >= 0.6 is 7.60 Å². The van der Waals surface area contributed by atoms with Gasteiger partial charge in [0.15, 0.2) is 0 Å². The highest BCUT2D eigenvalue weighted by atomic mass is 31.2. The molecule has 4 rings (SSSR count). The first-order valence-electron chi connectivity index (χ1n) is 18.5. The zero-order valence-electron chi connectivity index (χ0n) is 31.7. The van der Waals surface area contributed by atoms with E-state index in [9.17, 15) is 48.2 Å². The topological polar surface area (TPSA) is 264 Å². The molecular weight excluding hydrogens is 761 g/mol. The van der Waals surface area contributed by atoms with Crippen molar-refractivity contribution in [3.8, 4) is 0 Å². The van der Waals surface area contributed by atoms with Gasteiger partial charge in [-0.25, -0.2) is 4.79 Å². The quantitative estimate of drug-likeness (QED) is 0.0639. The van der Waals surface area contributed by atoms with Crippen molar-refractivity contribution in [2.75, 3.05) is 40.0 Å². The molecule has 0 bridgehead atoms. The van der Waals surface area contributed by atoms with Crippen LogP contribution in [0.3, 0.4) is 0 Å². The van der Waals surface area contributed by atoms with Crippen molar-refractivity contribution in [2.24, 2.45) is 11.7 Å². The third-order valence-corrected chi connectivity index (χ3v) is 10.5. The third kappa shape index (κ3) is 13.7. The second kappa shape index (κ2) is 20.7. The second-order valence-electron chi connectivity index (χ2n) is 14.0. The molecule has 308 valence electrons. The number of carbonyl (C=O) groups is 6. The fourth-order valence-electron chi connectivity index (χ4n) is 6.72. The van der Waals surface area contributed by atoms with Gasteiger partial charge in [0.25, 0.3) is 0 Å². The molecule has 1 aliphatic heterocycles. The molecule has 0 saturated carbocycles. The Morgan fingerprint density at radius 1 is 0.895 bits per heavy atom. The van der Waals surface area contributed by atoms with Crippen LogP contribution in [0.1, 0.15) is 48.8 Å². The van der Waals surface area contributed by atoms with E-state index in [0.717, 1.165) is 16.3 Å². The zero-order chi connectivity index (χ0) is 41.6. The SMILES string of the molecule is COCCOC(=O)N1CCC(NC(=O)[C@H](CC(=O)O)Cc2ccc(CP(=O)(O)O)cc2)(C(=O)N[C@@H](CC(N)=O)C(=O)NCCCc2cccc3ccccc23)CC1. The Morgan fingerprint density at radius 3 is 2.21 bits per heavy atom. The number of carboxylic acid groups (broad SMARTS) is 1. The number of benzene rings is 3. The second-order valence-corrected chi connectivity index (χ2v) is 15.7. The molecule has 18 heteroatoms. The molecule has 8 N–H and O–H groups in total. The van der Waals surface area contributed by atoms with E-state index in [4.69, 9.17) is 15.2 Å². The number of ether oxygens (including phenoxy) is 2. The number of amides is 5. The molecule has 2 atom stereocenters. The lowest BCUT2D eigenvalue weighted by Gasteiger charge is -2.41. The van der Waals surface area contributed by atoms with E-state index in [-0.39, 0.29) is 52.1 Å². The lowest BCUT2D eigenvalue weighted by atomic mass is 9.84. The molecule has 0 unspecified atom stereocenters. The highest BCUT2D eigenvalue weighted by Crippen LogP contribution is 2.39. The Balaban J connectivity index is 1.50. The normalized spacial score (nSPS) is 14.9. The number of piperidine rings is 1. The molecule has 0 aliphatic carbocycles. The average molecular weight is 812 g/mol. The number of likely N-dealkylation sites (tertiary alicyclic amines) is 1. The minimum Gasteiger partial charge on any atom is -0.481 e. The smallest absolute Gasteiger partial charge is 0.409 e. The Labute approximate surface area is 329 Å². The van der Waals surface area contributed by atoms with Crippen molar-refractivity contribution in [1.29, 1.82) is 0 Å². The van der Waals surface area contributed by atoms with E-state index in [1.165, 1.54) is 36.3 Å². The molecule has 17 nitrogen and oxygen atoms in total. The van der Waals surface area contributed by atoms with Gasteiger partial charge in [-0.2, -0.15) is 0 Å². The number of carboxylic acids is 1. The monoisotopic (exact) mass is 811 g/mol. The molecule has 1 fully saturated rings. The maximum atomic E-state index is 14.2. The minimum absolute atomic E-state index is 0.0167. The molecule has 0 spiro atoms.